The highest BCUT2D eigenvalue weighted by Gasteiger charge is 2.06. The monoisotopic (exact) mass is 284 g/mol. The Labute approximate surface area is 126 Å². The molecule has 0 spiro atoms. The van der Waals surface area contributed by atoms with Crippen LogP contribution in [0.5, 0.6) is 0 Å². The van der Waals surface area contributed by atoms with E-state index in [1.54, 1.807) is 0 Å². The first-order valence-electron chi connectivity index (χ1n) is 7.12. The standard InChI is InChI=1S/C20H12S/c1-3-7-17-13(5-1)9-15-12-20-16(11-18(15)17)10-14-6-2-4-8-19(14)21-20/h1-12H. The van der Waals surface area contributed by atoms with Crippen molar-refractivity contribution in [3.63, 3.8) is 0 Å². The molecule has 5 rings (SSSR count). The van der Waals surface area contributed by atoms with E-state index in [9.17, 15) is 0 Å². The first-order chi connectivity index (χ1) is 10.4. The molecule has 0 radical (unpaired) electrons. The second-order valence-corrected chi connectivity index (χ2v) is 6.58. The number of hydrogen-bond acceptors (Lipinski definition) is 1. The number of rotatable bonds is 0. The fourth-order valence-corrected chi connectivity index (χ4v) is 4.23. The molecule has 21 heavy (non-hydrogen) atoms. The van der Waals surface area contributed by atoms with Crippen molar-refractivity contribution in [3.05, 3.63) is 72.8 Å². The Balaban J connectivity index is 1.99. The molecule has 0 aliphatic rings. The SMILES string of the molecule is c1ccc2sc3cc4cc5ccccc5c4cc3cc2c1. The molecule has 0 bridgehead atoms. The summed E-state index contributed by atoms with van der Waals surface area (Å²) >= 11 is 1.88. The minimum absolute atomic E-state index is 1.32. The topological polar surface area (TPSA) is 0 Å². The maximum atomic E-state index is 2.34. The van der Waals surface area contributed by atoms with Crippen molar-refractivity contribution in [1.29, 1.82) is 0 Å². The summed E-state index contributed by atoms with van der Waals surface area (Å²) in [5.74, 6) is 0. The maximum Gasteiger partial charge on any atom is 0.0355 e. The maximum absolute atomic E-state index is 2.34. The lowest BCUT2D eigenvalue weighted by atomic mass is 10.1. The second kappa shape index (κ2) is 4.06. The first kappa shape index (κ1) is 11.3. The van der Waals surface area contributed by atoms with Crippen LogP contribution in [0.4, 0.5) is 0 Å². The van der Waals surface area contributed by atoms with Crippen LogP contribution in [0.2, 0.25) is 0 Å². The van der Waals surface area contributed by atoms with Crippen LogP contribution in [0.15, 0.2) is 72.8 Å². The predicted octanol–water partition coefficient (Wildman–Crippen LogP) is 6.36. The van der Waals surface area contributed by atoms with Gasteiger partial charge in [-0.3, -0.25) is 0 Å². The molecule has 0 saturated heterocycles. The quantitative estimate of drug-likeness (QED) is 0.290. The van der Waals surface area contributed by atoms with Gasteiger partial charge in [-0.05, 0) is 62.6 Å². The van der Waals surface area contributed by atoms with Gasteiger partial charge in [-0.2, -0.15) is 0 Å². The summed E-state index contributed by atoms with van der Waals surface area (Å²) in [6.07, 6.45) is 0. The van der Waals surface area contributed by atoms with Crippen LogP contribution in [0.25, 0.3) is 41.7 Å². The van der Waals surface area contributed by atoms with Crippen molar-refractivity contribution in [3.8, 4) is 0 Å². The summed E-state index contributed by atoms with van der Waals surface area (Å²) in [5, 5.41) is 8.05. The van der Waals surface area contributed by atoms with Crippen molar-refractivity contribution >= 4 is 53.1 Å². The van der Waals surface area contributed by atoms with Crippen LogP contribution >= 0.6 is 11.3 Å². The zero-order valence-corrected chi connectivity index (χ0v) is 12.2. The molecule has 1 heteroatoms. The lowest BCUT2D eigenvalue weighted by Gasteiger charge is -2.02. The van der Waals surface area contributed by atoms with Gasteiger partial charge >= 0.3 is 0 Å². The molecule has 0 aliphatic carbocycles. The van der Waals surface area contributed by atoms with Crippen molar-refractivity contribution in [1.82, 2.24) is 0 Å². The van der Waals surface area contributed by atoms with Gasteiger partial charge in [0.05, 0.1) is 0 Å². The van der Waals surface area contributed by atoms with E-state index in [1.165, 1.54) is 41.7 Å². The van der Waals surface area contributed by atoms with Gasteiger partial charge in [0.2, 0.25) is 0 Å². The minimum Gasteiger partial charge on any atom is -0.135 e. The van der Waals surface area contributed by atoms with Gasteiger partial charge < -0.3 is 0 Å². The van der Waals surface area contributed by atoms with Gasteiger partial charge in [0, 0.05) is 9.40 Å². The molecular weight excluding hydrogens is 272 g/mol. The summed E-state index contributed by atoms with van der Waals surface area (Å²) in [7, 11) is 0. The Bertz CT molecular complexity index is 1130. The van der Waals surface area contributed by atoms with E-state index in [0.717, 1.165) is 0 Å². The van der Waals surface area contributed by atoms with Crippen LogP contribution in [-0.4, -0.2) is 0 Å². The van der Waals surface area contributed by atoms with E-state index in [4.69, 9.17) is 0 Å². The van der Waals surface area contributed by atoms with Crippen LogP contribution < -0.4 is 0 Å². The van der Waals surface area contributed by atoms with E-state index < -0.39 is 0 Å². The first-order valence-corrected chi connectivity index (χ1v) is 7.94. The molecule has 0 fully saturated rings. The van der Waals surface area contributed by atoms with Crippen molar-refractivity contribution in [2.75, 3.05) is 0 Å². The molecule has 0 amide bonds. The molecule has 0 unspecified atom stereocenters. The summed E-state index contributed by atoms with van der Waals surface area (Å²) in [4.78, 5) is 0. The Hall–Kier alpha value is -2.38. The third-order valence-corrected chi connectivity index (χ3v) is 5.36. The van der Waals surface area contributed by atoms with E-state index >= 15 is 0 Å². The predicted molar refractivity (Wildman–Crippen MR) is 94.3 cm³/mol. The molecule has 0 aliphatic heterocycles. The average molecular weight is 284 g/mol. The highest BCUT2D eigenvalue weighted by atomic mass is 32.1. The van der Waals surface area contributed by atoms with Gasteiger partial charge in [0.15, 0.2) is 0 Å². The lowest BCUT2D eigenvalue weighted by Crippen LogP contribution is -1.73. The molecule has 0 nitrogen and oxygen atoms in total. The molecule has 1 aromatic heterocycles. The Morgan fingerprint density at radius 2 is 1.24 bits per heavy atom. The van der Waals surface area contributed by atoms with E-state index in [-0.39, 0.29) is 0 Å². The highest BCUT2D eigenvalue weighted by molar-refractivity contribution is 7.24. The molecule has 0 N–H and O–H groups in total. The molecule has 5 aromatic rings. The number of benzene rings is 3. The molecule has 98 valence electrons. The third kappa shape index (κ3) is 1.61. The molecule has 4 aromatic carbocycles. The van der Waals surface area contributed by atoms with Crippen molar-refractivity contribution in [2.24, 2.45) is 0 Å². The van der Waals surface area contributed by atoms with E-state index in [1.807, 2.05) is 11.3 Å². The molecular formula is C20H12S. The lowest BCUT2D eigenvalue weighted by molar-refractivity contribution is 1.84. The van der Waals surface area contributed by atoms with Crippen LogP contribution in [-0.2, 0) is 0 Å². The molecule has 1 heterocycles. The second-order valence-electron chi connectivity index (χ2n) is 5.49. The zero-order valence-electron chi connectivity index (χ0n) is 11.3. The van der Waals surface area contributed by atoms with Gasteiger partial charge in [-0.25, -0.2) is 0 Å². The highest BCUT2D eigenvalue weighted by Crippen LogP contribution is 2.35. The molecule has 0 atom stereocenters. The van der Waals surface area contributed by atoms with Gasteiger partial charge in [-0.15, -0.1) is 11.3 Å². The Morgan fingerprint density at radius 1 is 0.476 bits per heavy atom. The Kier molecular flexibility index (Phi) is 2.18. The largest absolute Gasteiger partial charge is 0.135 e. The minimum atomic E-state index is 1.32. The molecule has 0 saturated carbocycles. The summed E-state index contributed by atoms with van der Waals surface area (Å²) < 4.78 is 2.71. The summed E-state index contributed by atoms with van der Waals surface area (Å²) in [6, 6.07) is 26.5. The Morgan fingerprint density at radius 3 is 2.19 bits per heavy atom. The zero-order chi connectivity index (χ0) is 13.8. The normalized spacial score (nSPS) is 11.8. The van der Waals surface area contributed by atoms with Crippen molar-refractivity contribution < 1.29 is 0 Å². The summed E-state index contributed by atoms with van der Waals surface area (Å²) in [5.41, 5.74) is 0. The smallest absolute Gasteiger partial charge is 0.0355 e. The fourth-order valence-electron chi connectivity index (χ4n) is 3.18. The van der Waals surface area contributed by atoms with E-state index in [0.29, 0.717) is 0 Å². The van der Waals surface area contributed by atoms with Crippen LogP contribution in [0.3, 0.4) is 0 Å². The van der Waals surface area contributed by atoms with Crippen LogP contribution in [0.1, 0.15) is 0 Å². The number of fused-ring (bicyclic) bond motifs is 5. The average Bonchev–Trinajstić information content (AvgIpc) is 2.88. The van der Waals surface area contributed by atoms with Crippen molar-refractivity contribution in [2.45, 2.75) is 0 Å². The fraction of sp³-hybridized carbons (Fsp3) is 0. The summed E-state index contributed by atoms with van der Waals surface area (Å²) in [6.45, 7) is 0. The van der Waals surface area contributed by atoms with Gasteiger partial charge in [-0.1, -0.05) is 42.5 Å². The number of hydrogen-bond donors (Lipinski definition) is 0. The van der Waals surface area contributed by atoms with E-state index in [2.05, 4.69) is 72.8 Å². The third-order valence-electron chi connectivity index (χ3n) is 4.19. The van der Waals surface area contributed by atoms with Gasteiger partial charge in [0.25, 0.3) is 0 Å². The van der Waals surface area contributed by atoms with Crippen LogP contribution in [0, 0.1) is 0 Å². The van der Waals surface area contributed by atoms with Gasteiger partial charge in [0.1, 0.15) is 0 Å².